The van der Waals surface area contributed by atoms with Crippen molar-refractivity contribution < 1.29 is 23.8 Å². The van der Waals surface area contributed by atoms with Crippen LogP contribution in [0.4, 0.5) is 4.39 Å². The van der Waals surface area contributed by atoms with Gasteiger partial charge >= 0.3 is 0 Å². The number of fused-ring (bicyclic) bond motifs is 1. The van der Waals surface area contributed by atoms with E-state index in [1.807, 2.05) is 0 Å². The monoisotopic (exact) mass is 365 g/mol. The van der Waals surface area contributed by atoms with Gasteiger partial charge in [0, 0.05) is 37.3 Å². The van der Waals surface area contributed by atoms with Gasteiger partial charge in [0.1, 0.15) is 18.0 Å². The van der Waals surface area contributed by atoms with Crippen LogP contribution in [0.5, 0.6) is 0 Å². The Morgan fingerprint density at radius 2 is 2.23 bits per heavy atom. The molecule has 3 N–H and O–H groups in total. The van der Waals surface area contributed by atoms with Crippen molar-refractivity contribution in [3.63, 3.8) is 0 Å². The second-order valence-corrected chi connectivity index (χ2v) is 7.31. The lowest BCUT2D eigenvalue weighted by molar-refractivity contribution is -0.124. The number of nitrogens with one attached hydrogen (secondary N) is 2. The number of rotatable bonds is 7. The Labute approximate surface area is 151 Å². The molecule has 0 aromatic carbocycles. The van der Waals surface area contributed by atoms with Crippen molar-refractivity contribution in [2.24, 2.45) is 0 Å². The number of hydrogen-bond acceptors (Lipinski definition) is 6. The summed E-state index contributed by atoms with van der Waals surface area (Å²) in [6.07, 6.45) is 3.77. The standard InChI is InChI=1S/C18H24FN3O4/c19-13-8-20-4-3-10(13)7-21-9-15-17(24)18-14(26-15)5-12(25-18)6-16(23)22-11-1-2-11/h3-4,8,11-12,14-15,17-18,21,24H,1-2,5-7,9H2,(H,22,23)/t12-,14-,15-,17-,18+/m1/s1. The minimum absolute atomic E-state index is 0.00422. The largest absolute Gasteiger partial charge is 0.388 e. The maximum Gasteiger partial charge on any atom is 0.222 e. The number of aliphatic hydroxyl groups is 1. The molecule has 3 fully saturated rings. The first-order valence-electron chi connectivity index (χ1n) is 9.17. The Kier molecular flexibility index (Phi) is 5.17. The Bertz CT molecular complexity index is 657. The molecule has 1 aliphatic carbocycles. The molecular weight excluding hydrogens is 341 g/mol. The third-order valence-electron chi connectivity index (χ3n) is 5.15. The molecule has 3 heterocycles. The minimum Gasteiger partial charge on any atom is -0.388 e. The summed E-state index contributed by atoms with van der Waals surface area (Å²) in [7, 11) is 0. The van der Waals surface area contributed by atoms with Gasteiger partial charge in [-0.1, -0.05) is 0 Å². The number of carbonyl (C=O) groups excluding carboxylic acids is 1. The highest BCUT2D eigenvalue weighted by Gasteiger charge is 2.50. The Morgan fingerprint density at radius 1 is 1.38 bits per heavy atom. The number of aliphatic hydroxyl groups excluding tert-OH is 1. The van der Waals surface area contributed by atoms with Crippen LogP contribution in [0.3, 0.4) is 0 Å². The van der Waals surface area contributed by atoms with Crippen molar-refractivity contribution in [1.82, 2.24) is 15.6 Å². The van der Waals surface area contributed by atoms with Gasteiger partial charge in [-0.05, 0) is 18.9 Å². The zero-order valence-corrected chi connectivity index (χ0v) is 14.4. The van der Waals surface area contributed by atoms with Crippen LogP contribution in [-0.4, -0.2) is 59.1 Å². The quantitative estimate of drug-likeness (QED) is 0.642. The fourth-order valence-electron chi connectivity index (χ4n) is 3.63. The van der Waals surface area contributed by atoms with E-state index in [2.05, 4.69) is 15.6 Å². The van der Waals surface area contributed by atoms with Gasteiger partial charge < -0.3 is 25.2 Å². The second kappa shape index (κ2) is 7.56. The van der Waals surface area contributed by atoms with Crippen LogP contribution < -0.4 is 10.6 Å². The van der Waals surface area contributed by atoms with Crippen LogP contribution in [0, 0.1) is 5.82 Å². The summed E-state index contributed by atoms with van der Waals surface area (Å²) in [4.78, 5) is 15.6. The molecule has 0 radical (unpaired) electrons. The predicted molar refractivity (Wildman–Crippen MR) is 89.6 cm³/mol. The molecule has 2 aliphatic heterocycles. The molecule has 1 aromatic rings. The number of amides is 1. The lowest BCUT2D eigenvalue weighted by Crippen LogP contribution is -2.39. The number of hydrogen-bond donors (Lipinski definition) is 3. The van der Waals surface area contributed by atoms with Crippen LogP contribution in [-0.2, 0) is 20.8 Å². The van der Waals surface area contributed by atoms with Gasteiger partial charge in [-0.15, -0.1) is 0 Å². The molecule has 0 spiro atoms. The van der Waals surface area contributed by atoms with E-state index in [1.54, 1.807) is 12.3 Å². The number of halogens is 1. The van der Waals surface area contributed by atoms with E-state index in [-0.39, 0.29) is 23.9 Å². The summed E-state index contributed by atoms with van der Waals surface area (Å²) < 4.78 is 25.3. The van der Waals surface area contributed by atoms with Crippen LogP contribution in [0.2, 0.25) is 0 Å². The van der Waals surface area contributed by atoms with E-state index < -0.39 is 18.3 Å². The van der Waals surface area contributed by atoms with E-state index in [9.17, 15) is 14.3 Å². The average Bonchev–Trinajstić information content (AvgIpc) is 3.26. The molecule has 1 saturated carbocycles. The molecule has 3 aliphatic rings. The second-order valence-electron chi connectivity index (χ2n) is 7.31. The first kappa shape index (κ1) is 17.8. The van der Waals surface area contributed by atoms with E-state index >= 15 is 0 Å². The molecule has 0 unspecified atom stereocenters. The number of ether oxygens (including phenoxy) is 2. The van der Waals surface area contributed by atoms with E-state index in [0.717, 1.165) is 12.8 Å². The average molecular weight is 365 g/mol. The first-order chi connectivity index (χ1) is 12.6. The Balaban J connectivity index is 1.21. The summed E-state index contributed by atoms with van der Waals surface area (Å²) in [5, 5.41) is 16.5. The molecule has 26 heavy (non-hydrogen) atoms. The van der Waals surface area contributed by atoms with Gasteiger partial charge in [0.05, 0.1) is 30.9 Å². The lowest BCUT2D eigenvalue weighted by atomic mass is 10.1. The van der Waals surface area contributed by atoms with Gasteiger partial charge in [-0.3, -0.25) is 9.78 Å². The third kappa shape index (κ3) is 4.03. The zero-order valence-electron chi connectivity index (χ0n) is 14.4. The van der Waals surface area contributed by atoms with Crippen LogP contribution in [0.25, 0.3) is 0 Å². The number of pyridine rings is 1. The molecule has 1 aromatic heterocycles. The van der Waals surface area contributed by atoms with Crippen LogP contribution >= 0.6 is 0 Å². The van der Waals surface area contributed by atoms with Crippen molar-refractivity contribution in [1.29, 1.82) is 0 Å². The predicted octanol–water partition coefficient (Wildman–Crippen LogP) is 0.265. The maximum absolute atomic E-state index is 13.5. The van der Waals surface area contributed by atoms with Crippen molar-refractivity contribution in [2.75, 3.05) is 6.54 Å². The third-order valence-corrected chi connectivity index (χ3v) is 5.15. The molecule has 1 amide bonds. The summed E-state index contributed by atoms with van der Waals surface area (Å²) in [6, 6.07) is 1.95. The van der Waals surface area contributed by atoms with Gasteiger partial charge in [0.15, 0.2) is 0 Å². The van der Waals surface area contributed by atoms with Crippen molar-refractivity contribution in [3.8, 4) is 0 Å². The van der Waals surface area contributed by atoms with Crippen molar-refractivity contribution in [3.05, 3.63) is 29.8 Å². The first-order valence-corrected chi connectivity index (χ1v) is 9.17. The van der Waals surface area contributed by atoms with Crippen molar-refractivity contribution >= 4 is 5.91 Å². The zero-order chi connectivity index (χ0) is 18.1. The Hall–Kier alpha value is -1.61. The van der Waals surface area contributed by atoms with Gasteiger partial charge in [-0.25, -0.2) is 4.39 Å². The molecule has 4 rings (SSSR count). The highest BCUT2D eigenvalue weighted by molar-refractivity contribution is 5.77. The smallest absolute Gasteiger partial charge is 0.222 e. The highest BCUT2D eigenvalue weighted by atomic mass is 19.1. The number of nitrogens with zero attached hydrogens (tertiary/aromatic N) is 1. The molecule has 2 saturated heterocycles. The molecule has 142 valence electrons. The fourth-order valence-corrected chi connectivity index (χ4v) is 3.63. The molecular formula is C18H24FN3O4. The van der Waals surface area contributed by atoms with Gasteiger partial charge in [0.25, 0.3) is 0 Å². The Morgan fingerprint density at radius 3 is 2.96 bits per heavy atom. The lowest BCUT2D eigenvalue weighted by Gasteiger charge is -2.20. The highest BCUT2D eigenvalue weighted by Crippen LogP contribution is 2.35. The maximum atomic E-state index is 13.5. The van der Waals surface area contributed by atoms with E-state index in [4.69, 9.17) is 9.47 Å². The minimum atomic E-state index is -0.758. The van der Waals surface area contributed by atoms with Gasteiger partial charge in [-0.2, -0.15) is 0 Å². The van der Waals surface area contributed by atoms with E-state index in [1.165, 1.54) is 6.20 Å². The summed E-state index contributed by atoms with van der Waals surface area (Å²) in [5.41, 5.74) is 0.519. The summed E-state index contributed by atoms with van der Waals surface area (Å²) in [6.45, 7) is 0.729. The summed E-state index contributed by atoms with van der Waals surface area (Å²) >= 11 is 0. The molecule has 0 bridgehead atoms. The molecule has 5 atom stereocenters. The SMILES string of the molecule is O=C(C[C@H]1C[C@H]2O[C@H](CNCc3ccncc3F)[C@@H](O)[C@H]2O1)NC1CC1. The summed E-state index contributed by atoms with van der Waals surface area (Å²) in [5.74, 6) is -0.357. The normalized spacial score (nSPS) is 33.2. The number of carbonyl (C=O) groups is 1. The van der Waals surface area contributed by atoms with E-state index in [0.29, 0.717) is 37.5 Å². The van der Waals surface area contributed by atoms with Gasteiger partial charge in [0.2, 0.25) is 5.91 Å². The van der Waals surface area contributed by atoms with Crippen LogP contribution in [0.1, 0.15) is 31.2 Å². The van der Waals surface area contributed by atoms with Crippen molar-refractivity contribution in [2.45, 2.75) is 68.8 Å². The topological polar surface area (TPSA) is 92.7 Å². The molecule has 8 heteroatoms. The van der Waals surface area contributed by atoms with Crippen LogP contribution in [0.15, 0.2) is 18.5 Å². The number of aromatic nitrogens is 1. The molecule has 7 nitrogen and oxygen atoms in total. The fraction of sp³-hybridized carbons (Fsp3) is 0.667.